The molecule has 0 bridgehead atoms. The summed E-state index contributed by atoms with van der Waals surface area (Å²) in [4.78, 5) is 12.0. The van der Waals surface area contributed by atoms with E-state index in [1.54, 1.807) is 13.2 Å². The Balaban J connectivity index is 2.03. The Morgan fingerprint density at radius 3 is 2.72 bits per heavy atom. The minimum atomic E-state index is -0.420. The maximum atomic E-state index is 13.6. The summed E-state index contributed by atoms with van der Waals surface area (Å²) >= 11 is 5.90. The van der Waals surface area contributed by atoms with Gasteiger partial charge in [0.15, 0.2) is 0 Å². The highest BCUT2D eigenvalue weighted by Gasteiger charge is 2.38. The SMILES string of the molecule is COC1(CC(=O)Cc2c(F)cccc2Cl)CCC1. The molecule has 0 aromatic heterocycles. The molecule has 0 amide bonds. The number of ketones is 1. The van der Waals surface area contributed by atoms with Crippen molar-refractivity contribution in [3.63, 3.8) is 0 Å². The second kappa shape index (κ2) is 5.37. The van der Waals surface area contributed by atoms with Crippen molar-refractivity contribution in [1.29, 1.82) is 0 Å². The molecule has 0 heterocycles. The lowest BCUT2D eigenvalue weighted by Crippen LogP contribution is -2.41. The number of halogens is 2. The molecule has 18 heavy (non-hydrogen) atoms. The van der Waals surface area contributed by atoms with E-state index < -0.39 is 5.82 Å². The predicted molar refractivity (Wildman–Crippen MR) is 68.3 cm³/mol. The van der Waals surface area contributed by atoms with Gasteiger partial charge in [-0.25, -0.2) is 4.39 Å². The molecule has 0 spiro atoms. The number of rotatable bonds is 5. The number of benzene rings is 1. The third-order valence-corrected chi connectivity index (χ3v) is 4.01. The molecular formula is C14H16ClFO2. The van der Waals surface area contributed by atoms with Gasteiger partial charge in [-0.1, -0.05) is 17.7 Å². The molecule has 0 atom stereocenters. The topological polar surface area (TPSA) is 26.3 Å². The van der Waals surface area contributed by atoms with Crippen LogP contribution in [-0.4, -0.2) is 18.5 Å². The average molecular weight is 271 g/mol. The number of methoxy groups -OCH3 is 1. The molecule has 0 aliphatic heterocycles. The second-order valence-corrected chi connectivity index (χ2v) is 5.24. The lowest BCUT2D eigenvalue weighted by Gasteiger charge is -2.40. The predicted octanol–water partition coefficient (Wildman–Crippen LogP) is 3.55. The second-order valence-electron chi connectivity index (χ2n) is 4.83. The van der Waals surface area contributed by atoms with Crippen molar-refractivity contribution in [2.75, 3.05) is 7.11 Å². The average Bonchev–Trinajstić information content (AvgIpc) is 2.29. The third-order valence-electron chi connectivity index (χ3n) is 3.65. The van der Waals surface area contributed by atoms with Crippen LogP contribution in [0.5, 0.6) is 0 Å². The lowest BCUT2D eigenvalue weighted by molar-refractivity contribution is -0.131. The number of carbonyl (C=O) groups is 1. The molecule has 1 fully saturated rings. The first kappa shape index (κ1) is 13.5. The van der Waals surface area contributed by atoms with Crippen LogP contribution >= 0.6 is 11.6 Å². The highest BCUT2D eigenvalue weighted by molar-refractivity contribution is 6.31. The zero-order valence-corrected chi connectivity index (χ0v) is 11.1. The monoisotopic (exact) mass is 270 g/mol. The first-order valence-electron chi connectivity index (χ1n) is 6.06. The van der Waals surface area contributed by atoms with Gasteiger partial charge in [-0.2, -0.15) is 0 Å². The number of hydrogen-bond acceptors (Lipinski definition) is 2. The summed E-state index contributed by atoms with van der Waals surface area (Å²) in [5.41, 5.74) is -0.0239. The van der Waals surface area contributed by atoms with Crippen LogP contribution in [0, 0.1) is 5.82 Å². The fourth-order valence-electron chi connectivity index (χ4n) is 2.34. The number of hydrogen-bond donors (Lipinski definition) is 0. The van der Waals surface area contributed by atoms with Crippen LogP contribution < -0.4 is 0 Å². The van der Waals surface area contributed by atoms with Crippen LogP contribution in [0.1, 0.15) is 31.2 Å². The first-order chi connectivity index (χ1) is 8.56. The van der Waals surface area contributed by atoms with E-state index in [4.69, 9.17) is 16.3 Å². The molecule has 4 heteroatoms. The van der Waals surface area contributed by atoms with Crippen LogP contribution in [0.2, 0.25) is 5.02 Å². The summed E-state index contributed by atoms with van der Waals surface area (Å²) in [7, 11) is 1.63. The normalized spacial score (nSPS) is 17.3. The van der Waals surface area contributed by atoms with Gasteiger partial charge in [0.2, 0.25) is 0 Å². The standard InChI is InChI=1S/C14H16ClFO2/c1-18-14(6-3-7-14)9-10(17)8-11-12(15)4-2-5-13(11)16/h2,4-5H,3,6-9H2,1H3. The minimum absolute atomic E-state index is 0.0245. The van der Waals surface area contributed by atoms with Gasteiger partial charge < -0.3 is 4.74 Å². The van der Waals surface area contributed by atoms with Crippen molar-refractivity contribution < 1.29 is 13.9 Å². The minimum Gasteiger partial charge on any atom is -0.378 e. The zero-order chi connectivity index (χ0) is 13.2. The molecule has 1 aliphatic rings. The van der Waals surface area contributed by atoms with Crippen molar-refractivity contribution in [3.05, 3.63) is 34.6 Å². The largest absolute Gasteiger partial charge is 0.378 e. The highest BCUT2D eigenvalue weighted by Crippen LogP contribution is 2.38. The molecule has 0 saturated heterocycles. The number of carbonyl (C=O) groups excluding carboxylic acids is 1. The van der Waals surface area contributed by atoms with Crippen LogP contribution in [0.15, 0.2) is 18.2 Å². The highest BCUT2D eigenvalue weighted by atomic mass is 35.5. The van der Waals surface area contributed by atoms with Gasteiger partial charge in [0.25, 0.3) is 0 Å². The van der Waals surface area contributed by atoms with Crippen LogP contribution in [0.4, 0.5) is 4.39 Å². The molecule has 1 aliphatic carbocycles. The molecule has 1 saturated carbocycles. The summed E-state index contributed by atoms with van der Waals surface area (Å²) in [5, 5.41) is 0.309. The molecule has 0 unspecified atom stereocenters. The Kier molecular flexibility index (Phi) is 4.03. The van der Waals surface area contributed by atoms with Crippen molar-refractivity contribution in [3.8, 4) is 0 Å². The smallest absolute Gasteiger partial charge is 0.140 e. The van der Waals surface area contributed by atoms with Gasteiger partial charge in [0.1, 0.15) is 11.6 Å². The van der Waals surface area contributed by atoms with E-state index in [0.717, 1.165) is 19.3 Å². The van der Waals surface area contributed by atoms with E-state index in [0.29, 0.717) is 11.4 Å². The Morgan fingerprint density at radius 1 is 1.50 bits per heavy atom. The summed E-state index contributed by atoms with van der Waals surface area (Å²) < 4.78 is 18.9. The van der Waals surface area contributed by atoms with E-state index in [1.807, 2.05) is 0 Å². The number of ether oxygens (including phenoxy) is 1. The van der Waals surface area contributed by atoms with Crippen LogP contribution in [0.25, 0.3) is 0 Å². The quantitative estimate of drug-likeness (QED) is 0.818. The fraction of sp³-hybridized carbons (Fsp3) is 0.500. The summed E-state index contributed by atoms with van der Waals surface area (Å²) in [6, 6.07) is 4.46. The molecule has 0 N–H and O–H groups in total. The van der Waals surface area contributed by atoms with Gasteiger partial charge in [0.05, 0.1) is 5.60 Å². The van der Waals surface area contributed by atoms with E-state index in [2.05, 4.69) is 0 Å². The van der Waals surface area contributed by atoms with Crippen molar-refractivity contribution >= 4 is 17.4 Å². The van der Waals surface area contributed by atoms with Crippen LogP contribution in [-0.2, 0) is 16.0 Å². The summed E-state index contributed by atoms with van der Waals surface area (Å²) in [6.07, 6.45) is 3.27. The van der Waals surface area contributed by atoms with Crippen molar-refractivity contribution in [1.82, 2.24) is 0 Å². The summed E-state index contributed by atoms with van der Waals surface area (Å²) in [6.45, 7) is 0. The number of Topliss-reactive ketones (excluding diaryl/α,β-unsaturated/α-hetero) is 1. The van der Waals surface area contributed by atoms with Gasteiger partial charge >= 0.3 is 0 Å². The Bertz CT molecular complexity index is 429. The fourth-order valence-corrected chi connectivity index (χ4v) is 2.57. The summed E-state index contributed by atoms with van der Waals surface area (Å²) in [5.74, 6) is -0.445. The van der Waals surface area contributed by atoms with E-state index in [-0.39, 0.29) is 23.4 Å². The molecular weight excluding hydrogens is 255 g/mol. The Labute approximate surface area is 111 Å². The maximum absolute atomic E-state index is 13.6. The lowest BCUT2D eigenvalue weighted by atomic mass is 9.76. The van der Waals surface area contributed by atoms with E-state index in [1.165, 1.54) is 12.1 Å². The van der Waals surface area contributed by atoms with Gasteiger partial charge in [-0.15, -0.1) is 0 Å². The molecule has 98 valence electrons. The molecule has 1 aromatic rings. The molecule has 0 radical (unpaired) electrons. The van der Waals surface area contributed by atoms with Gasteiger partial charge in [-0.05, 0) is 31.4 Å². The van der Waals surface area contributed by atoms with Crippen LogP contribution in [0.3, 0.4) is 0 Å². The molecule has 2 nitrogen and oxygen atoms in total. The Hall–Kier alpha value is -0.930. The van der Waals surface area contributed by atoms with E-state index >= 15 is 0 Å². The maximum Gasteiger partial charge on any atom is 0.140 e. The van der Waals surface area contributed by atoms with Gasteiger partial charge in [0, 0.05) is 30.5 Å². The Morgan fingerprint density at radius 2 is 2.22 bits per heavy atom. The third kappa shape index (κ3) is 2.73. The van der Waals surface area contributed by atoms with Gasteiger partial charge in [-0.3, -0.25) is 4.79 Å². The zero-order valence-electron chi connectivity index (χ0n) is 10.3. The molecule has 1 aromatic carbocycles. The van der Waals surface area contributed by atoms with Crippen molar-refractivity contribution in [2.24, 2.45) is 0 Å². The first-order valence-corrected chi connectivity index (χ1v) is 6.44. The van der Waals surface area contributed by atoms with E-state index in [9.17, 15) is 9.18 Å². The molecule has 2 rings (SSSR count). The van der Waals surface area contributed by atoms with Crippen molar-refractivity contribution in [2.45, 2.75) is 37.7 Å².